The van der Waals surface area contributed by atoms with Crippen molar-refractivity contribution in [1.82, 2.24) is 30.9 Å². The number of amides is 6. The van der Waals surface area contributed by atoms with E-state index in [4.69, 9.17) is 5.73 Å². The van der Waals surface area contributed by atoms with Crippen LogP contribution in [-0.4, -0.2) is 103 Å². The van der Waals surface area contributed by atoms with Crippen molar-refractivity contribution in [3.8, 4) is 0 Å². The minimum Gasteiger partial charge on any atom is -0.478 e. The molecule has 1 saturated heterocycles. The smallest absolute Gasteiger partial charge is 0.339 e. The molecule has 0 aromatic heterocycles. The number of Topliss-reactive ketones (excluding diaryl/α,β-unsaturated/α-hetero) is 1. The monoisotopic (exact) mass is 909 g/mol. The Morgan fingerprint density at radius 1 is 0.828 bits per heavy atom. The minimum atomic E-state index is -4.25. The lowest BCUT2D eigenvalue weighted by Gasteiger charge is -2.35. The molecule has 21 heteroatoms. The highest BCUT2D eigenvalue weighted by atomic mass is 32.2. The van der Waals surface area contributed by atoms with E-state index in [0.29, 0.717) is 43.4 Å². The van der Waals surface area contributed by atoms with E-state index >= 15 is 4.39 Å². The van der Waals surface area contributed by atoms with E-state index in [2.05, 4.69) is 26.0 Å². The molecular weight excluding hydrogens is 861 g/mol. The zero-order valence-electron chi connectivity index (χ0n) is 34.7. The fraction of sp³-hybridized carbons (Fsp3) is 0.395. The van der Waals surface area contributed by atoms with Crippen LogP contribution in [0.2, 0.25) is 0 Å². The molecule has 2 aliphatic rings. The van der Waals surface area contributed by atoms with Gasteiger partial charge in [0.2, 0.25) is 39.4 Å². The quantitative estimate of drug-likeness (QED) is 0.0849. The number of ketones is 1. The third-order valence-corrected chi connectivity index (χ3v) is 12.6. The van der Waals surface area contributed by atoms with Crippen molar-refractivity contribution >= 4 is 57.2 Å². The summed E-state index contributed by atoms with van der Waals surface area (Å²) >= 11 is 0. The molecule has 342 valence electrons. The Bertz CT molecular complexity index is 2370. The van der Waals surface area contributed by atoms with Gasteiger partial charge in [-0.15, -0.1) is 0 Å². The van der Waals surface area contributed by atoms with Crippen LogP contribution in [-0.2, 0) is 38.8 Å². The number of halogens is 2. The minimum absolute atomic E-state index is 0.0987. The van der Waals surface area contributed by atoms with Crippen molar-refractivity contribution in [2.24, 2.45) is 11.7 Å². The number of carbonyl (C=O) groups is 8. The number of hydrogen-bond donors (Lipinski definition) is 7. The van der Waals surface area contributed by atoms with Gasteiger partial charge >= 0.3 is 5.97 Å². The van der Waals surface area contributed by atoms with Gasteiger partial charge < -0.3 is 37.0 Å². The van der Waals surface area contributed by atoms with E-state index in [1.165, 1.54) is 24.3 Å². The van der Waals surface area contributed by atoms with Gasteiger partial charge in [0, 0.05) is 12.6 Å². The highest BCUT2D eigenvalue weighted by Crippen LogP contribution is 2.31. The highest BCUT2D eigenvalue weighted by Gasteiger charge is 2.46. The number of rotatable bonds is 19. The Morgan fingerprint density at radius 3 is 2.03 bits per heavy atom. The molecule has 3 aromatic rings. The van der Waals surface area contributed by atoms with E-state index in [0.717, 1.165) is 11.3 Å². The van der Waals surface area contributed by atoms with Crippen molar-refractivity contribution < 1.29 is 60.7 Å². The zero-order valence-corrected chi connectivity index (χ0v) is 35.5. The fourth-order valence-corrected chi connectivity index (χ4v) is 9.19. The molecule has 1 aliphatic heterocycles. The summed E-state index contributed by atoms with van der Waals surface area (Å²) in [5.41, 5.74) is 3.39. The summed E-state index contributed by atoms with van der Waals surface area (Å²) in [7, 11) is -4.25. The van der Waals surface area contributed by atoms with Gasteiger partial charge in [-0.1, -0.05) is 81.1 Å². The number of carboxylic acid groups (broad SMARTS) is 1. The van der Waals surface area contributed by atoms with Gasteiger partial charge in [0.05, 0.1) is 23.0 Å². The van der Waals surface area contributed by atoms with Gasteiger partial charge in [-0.3, -0.25) is 33.6 Å². The van der Waals surface area contributed by atoms with Crippen molar-refractivity contribution in [1.29, 1.82) is 0 Å². The summed E-state index contributed by atoms with van der Waals surface area (Å²) in [6.45, 7) is 0.442. The summed E-state index contributed by atoms with van der Waals surface area (Å²) in [5, 5.41) is 19.1. The first kappa shape index (κ1) is 48.4. The van der Waals surface area contributed by atoms with E-state index in [-0.39, 0.29) is 24.2 Å². The van der Waals surface area contributed by atoms with E-state index in [1.54, 1.807) is 43.3 Å². The Labute approximate surface area is 367 Å². The summed E-state index contributed by atoms with van der Waals surface area (Å²) < 4.78 is 59.1. The number of nitrogens with two attached hydrogens (primary N) is 1. The van der Waals surface area contributed by atoms with Crippen molar-refractivity contribution in [2.75, 3.05) is 13.1 Å². The maximum atomic E-state index is 15.1. The lowest BCUT2D eigenvalue weighted by atomic mass is 9.83. The zero-order chi connectivity index (χ0) is 46.7. The summed E-state index contributed by atoms with van der Waals surface area (Å²) in [6, 6.07) is 9.36. The van der Waals surface area contributed by atoms with Gasteiger partial charge in [-0.05, 0) is 61.4 Å². The molecule has 5 rings (SSSR count). The van der Waals surface area contributed by atoms with Gasteiger partial charge in [0.15, 0.2) is 0 Å². The van der Waals surface area contributed by atoms with Crippen LogP contribution in [0.3, 0.4) is 0 Å². The average molecular weight is 910 g/mol. The molecule has 1 saturated carbocycles. The number of hydrogen-bond acceptors (Lipinski definition) is 10. The second-order valence-electron chi connectivity index (χ2n) is 15.5. The lowest BCUT2D eigenvalue weighted by molar-refractivity contribution is -0.143. The molecule has 6 amide bonds. The first-order valence-corrected chi connectivity index (χ1v) is 22.1. The maximum absolute atomic E-state index is 15.1. The molecule has 0 spiro atoms. The Hall–Kier alpha value is -6.61. The van der Waals surface area contributed by atoms with Gasteiger partial charge in [-0.2, -0.15) is 0 Å². The molecule has 0 radical (unpaired) electrons. The van der Waals surface area contributed by atoms with Crippen LogP contribution in [0.15, 0.2) is 77.7 Å². The predicted molar refractivity (Wildman–Crippen MR) is 223 cm³/mol. The molecule has 1 unspecified atom stereocenters. The molecule has 5 atom stereocenters. The summed E-state index contributed by atoms with van der Waals surface area (Å²) in [6.07, 6.45) is 2.49. The maximum Gasteiger partial charge on any atom is 0.339 e. The van der Waals surface area contributed by atoms with Crippen molar-refractivity contribution in [3.05, 3.63) is 101 Å². The van der Waals surface area contributed by atoms with Crippen LogP contribution in [0.4, 0.5) is 8.78 Å². The Balaban J connectivity index is 1.40. The van der Waals surface area contributed by atoms with Gasteiger partial charge in [0.1, 0.15) is 35.3 Å². The van der Waals surface area contributed by atoms with Crippen LogP contribution in [0.1, 0.15) is 90.6 Å². The molecule has 18 nitrogen and oxygen atoms in total. The number of nitrogens with zero attached hydrogens (tertiary/aromatic N) is 1. The van der Waals surface area contributed by atoms with Crippen molar-refractivity contribution in [2.45, 2.75) is 93.4 Å². The summed E-state index contributed by atoms with van der Waals surface area (Å²) in [5.74, 6) is -12.9. The van der Waals surface area contributed by atoms with E-state index in [1.807, 2.05) is 0 Å². The van der Waals surface area contributed by atoms with Gasteiger partial charge in [-0.25, -0.2) is 26.7 Å². The third-order valence-electron chi connectivity index (χ3n) is 11.0. The standard InChI is InChI=1S/C43H49F2N7O11S/c1-2-12-30(37(54)41(58)47-22-32(53)49-35(38(46)55)24-13-6-3-7-14-24)48-39(56)31-21-26(51-64(62,63)27-17-10-5-11-18-27)23-52(31)42(59)36(25-15-8-4-9-16-25)50-40(57)33-28(44)19-20-29(45)34(33)43(60)61/h3,5-7,10-11,13-14,17-20,25-26,30-31,35-36,51H,2,4,8-9,12,15-16,21-23H2,1H3,(H2,46,55)(H,47,58)(H,48,56)(H,49,53)(H,50,57)(H,60,61)/t26-,30?,31+,35-,36-/m1/s1. The Kier molecular flexibility index (Phi) is 16.4. The molecule has 3 aromatic carbocycles. The molecule has 8 N–H and O–H groups in total. The topological polar surface area (TPSA) is 280 Å². The number of carbonyl (C=O) groups excluding carboxylic acids is 7. The van der Waals surface area contributed by atoms with Crippen molar-refractivity contribution in [3.63, 3.8) is 0 Å². The first-order valence-electron chi connectivity index (χ1n) is 20.6. The number of sulfonamides is 1. The average Bonchev–Trinajstić information content (AvgIpc) is 3.70. The number of carboxylic acids is 1. The van der Waals surface area contributed by atoms with Crippen LogP contribution in [0.25, 0.3) is 0 Å². The molecule has 0 bridgehead atoms. The van der Waals surface area contributed by atoms with E-state index < -0.39 is 129 Å². The lowest BCUT2D eigenvalue weighted by Crippen LogP contribution is -2.58. The molecule has 1 heterocycles. The molecule has 2 fully saturated rings. The number of nitrogens with one attached hydrogen (secondary N) is 5. The fourth-order valence-electron chi connectivity index (χ4n) is 7.93. The van der Waals surface area contributed by atoms with Crippen LogP contribution in [0, 0.1) is 17.6 Å². The summed E-state index contributed by atoms with van der Waals surface area (Å²) in [4.78, 5) is 107. The second kappa shape index (κ2) is 21.7. The highest BCUT2D eigenvalue weighted by molar-refractivity contribution is 7.89. The van der Waals surface area contributed by atoms with Crippen LogP contribution >= 0.6 is 0 Å². The number of aromatic carboxylic acids is 1. The second-order valence-corrected chi connectivity index (χ2v) is 17.2. The largest absolute Gasteiger partial charge is 0.478 e. The molecular formula is C43H49F2N7O11S. The number of benzene rings is 3. The SMILES string of the molecule is CCCC(NC(=O)[C@@H]1C[C@@H](NS(=O)(=O)c2ccccc2)CN1C(=O)[C@H](NC(=O)c1c(F)ccc(F)c1C(=O)O)C1CCCCC1)C(=O)C(=O)NCC(=O)N[C@@H](C(N)=O)c1ccccc1. The molecule has 1 aliphatic carbocycles. The normalized spacial score (nSPS) is 17.9. The number of primary amides is 1. The number of likely N-dealkylation sites (tertiary alicyclic amines) is 1. The molecule has 64 heavy (non-hydrogen) atoms. The van der Waals surface area contributed by atoms with Gasteiger partial charge in [0.25, 0.3) is 11.8 Å². The first-order chi connectivity index (χ1) is 30.4. The predicted octanol–water partition coefficient (Wildman–Crippen LogP) is 1.60. The third kappa shape index (κ3) is 11.9. The Morgan fingerprint density at radius 2 is 1.44 bits per heavy atom. The van der Waals surface area contributed by atoms with E-state index in [9.17, 15) is 56.3 Å². The van der Waals surface area contributed by atoms with Crippen LogP contribution in [0.5, 0.6) is 0 Å². The van der Waals surface area contributed by atoms with Crippen LogP contribution < -0.4 is 31.7 Å².